The number of hydrogen-bond acceptors (Lipinski definition) is 3. The quantitative estimate of drug-likeness (QED) is 0.572. The van der Waals surface area contributed by atoms with E-state index >= 15 is 0 Å². The number of hydrogen-bond donors (Lipinski definition) is 0. The average Bonchev–Trinajstić information content (AvgIpc) is 2.76. The standard InChI is InChI=1S/C16H19NO2/c1-12(18)19-17-15-6-8-16(9-7-15)10-13-4-2-3-5-14(13)11-16/h2-5H,6-11H2,1H3. The molecule has 3 nitrogen and oxygen atoms in total. The van der Waals surface area contributed by atoms with E-state index in [-0.39, 0.29) is 5.97 Å². The Morgan fingerprint density at radius 3 is 2.26 bits per heavy atom. The number of rotatable bonds is 1. The Balaban J connectivity index is 1.66. The maximum Gasteiger partial charge on any atom is 0.331 e. The highest BCUT2D eigenvalue weighted by atomic mass is 16.7. The van der Waals surface area contributed by atoms with Crippen molar-refractivity contribution in [2.45, 2.75) is 45.4 Å². The van der Waals surface area contributed by atoms with Gasteiger partial charge in [0, 0.05) is 6.92 Å². The Morgan fingerprint density at radius 1 is 1.16 bits per heavy atom. The van der Waals surface area contributed by atoms with Crippen molar-refractivity contribution in [3.8, 4) is 0 Å². The highest BCUT2D eigenvalue weighted by molar-refractivity contribution is 5.85. The van der Waals surface area contributed by atoms with Crippen molar-refractivity contribution < 1.29 is 9.63 Å². The monoisotopic (exact) mass is 257 g/mol. The molecular formula is C16H19NO2. The predicted octanol–water partition coefficient (Wildman–Crippen LogP) is 3.26. The van der Waals surface area contributed by atoms with Crippen LogP contribution in [0.5, 0.6) is 0 Å². The number of nitrogens with zero attached hydrogens (tertiary/aromatic N) is 1. The molecule has 1 spiro atoms. The molecule has 2 aliphatic carbocycles. The van der Waals surface area contributed by atoms with E-state index in [1.165, 1.54) is 30.9 Å². The molecule has 0 amide bonds. The van der Waals surface area contributed by atoms with Crippen molar-refractivity contribution in [3.63, 3.8) is 0 Å². The molecule has 0 unspecified atom stereocenters. The molecule has 0 heterocycles. The van der Waals surface area contributed by atoms with E-state index in [1.807, 2.05) is 0 Å². The van der Waals surface area contributed by atoms with Crippen LogP contribution in [0.1, 0.15) is 43.7 Å². The van der Waals surface area contributed by atoms with Gasteiger partial charge < -0.3 is 4.84 Å². The van der Waals surface area contributed by atoms with Gasteiger partial charge in [0.2, 0.25) is 0 Å². The summed E-state index contributed by atoms with van der Waals surface area (Å²) in [6, 6.07) is 8.78. The molecule has 0 bridgehead atoms. The zero-order chi connectivity index (χ0) is 13.3. The third-order valence-electron chi connectivity index (χ3n) is 4.44. The lowest BCUT2D eigenvalue weighted by Gasteiger charge is -2.33. The summed E-state index contributed by atoms with van der Waals surface area (Å²) in [6.45, 7) is 1.39. The first-order valence-corrected chi connectivity index (χ1v) is 6.97. The Labute approximate surface area is 113 Å². The van der Waals surface area contributed by atoms with E-state index in [0.717, 1.165) is 31.4 Å². The van der Waals surface area contributed by atoms with Gasteiger partial charge in [-0.05, 0) is 55.1 Å². The van der Waals surface area contributed by atoms with E-state index in [2.05, 4.69) is 29.4 Å². The Bertz CT molecular complexity index is 496. The fourth-order valence-corrected chi connectivity index (χ4v) is 3.42. The topological polar surface area (TPSA) is 38.7 Å². The van der Waals surface area contributed by atoms with Crippen LogP contribution in [0.25, 0.3) is 0 Å². The fraction of sp³-hybridized carbons (Fsp3) is 0.500. The first-order chi connectivity index (χ1) is 9.17. The summed E-state index contributed by atoms with van der Waals surface area (Å²) >= 11 is 0. The van der Waals surface area contributed by atoms with E-state index in [1.54, 1.807) is 0 Å². The maximum absolute atomic E-state index is 10.8. The molecule has 1 fully saturated rings. The number of benzene rings is 1. The van der Waals surface area contributed by atoms with Gasteiger partial charge >= 0.3 is 5.97 Å². The summed E-state index contributed by atoms with van der Waals surface area (Å²) in [6.07, 6.45) is 6.63. The number of carbonyl (C=O) groups is 1. The molecule has 1 saturated carbocycles. The highest BCUT2D eigenvalue weighted by Crippen LogP contribution is 2.46. The SMILES string of the molecule is CC(=O)ON=C1CCC2(CC1)Cc1ccccc1C2. The number of fused-ring (bicyclic) bond motifs is 1. The van der Waals surface area contributed by atoms with Crippen LogP contribution in [0.3, 0.4) is 0 Å². The average molecular weight is 257 g/mol. The van der Waals surface area contributed by atoms with E-state index in [0.29, 0.717) is 5.41 Å². The van der Waals surface area contributed by atoms with Crippen LogP contribution in [0.2, 0.25) is 0 Å². The van der Waals surface area contributed by atoms with Crippen LogP contribution in [0, 0.1) is 5.41 Å². The van der Waals surface area contributed by atoms with Gasteiger partial charge in [0.15, 0.2) is 0 Å². The molecule has 0 radical (unpaired) electrons. The minimum Gasteiger partial charge on any atom is -0.319 e. The Kier molecular flexibility index (Phi) is 3.13. The second kappa shape index (κ2) is 4.80. The van der Waals surface area contributed by atoms with E-state index in [9.17, 15) is 4.79 Å². The van der Waals surface area contributed by atoms with Crippen molar-refractivity contribution in [3.05, 3.63) is 35.4 Å². The van der Waals surface area contributed by atoms with Crippen LogP contribution >= 0.6 is 0 Å². The zero-order valence-corrected chi connectivity index (χ0v) is 11.3. The molecule has 1 aromatic rings. The lowest BCUT2D eigenvalue weighted by Crippen LogP contribution is -2.28. The maximum atomic E-state index is 10.8. The minimum atomic E-state index is -0.332. The van der Waals surface area contributed by atoms with Gasteiger partial charge in [-0.2, -0.15) is 0 Å². The first-order valence-electron chi connectivity index (χ1n) is 6.97. The molecule has 0 aromatic heterocycles. The number of oxime groups is 1. The third kappa shape index (κ3) is 2.55. The molecular weight excluding hydrogens is 238 g/mol. The van der Waals surface area contributed by atoms with Crippen LogP contribution < -0.4 is 0 Å². The van der Waals surface area contributed by atoms with Gasteiger partial charge in [0.25, 0.3) is 0 Å². The zero-order valence-electron chi connectivity index (χ0n) is 11.3. The summed E-state index contributed by atoms with van der Waals surface area (Å²) in [5.74, 6) is -0.332. The molecule has 3 rings (SSSR count). The molecule has 1 aromatic carbocycles. The van der Waals surface area contributed by atoms with Crippen molar-refractivity contribution in [2.75, 3.05) is 0 Å². The van der Waals surface area contributed by atoms with Gasteiger partial charge in [-0.1, -0.05) is 29.4 Å². The summed E-state index contributed by atoms with van der Waals surface area (Å²) in [5, 5.41) is 3.95. The molecule has 3 heteroatoms. The predicted molar refractivity (Wildman–Crippen MR) is 74.0 cm³/mol. The van der Waals surface area contributed by atoms with Crippen LogP contribution in [-0.4, -0.2) is 11.7 Å². The van der Waals surface area contributed by atoms with Gasteiger partial charge in [-0.25, -0.2) is 4.79 Å². The van der Waals surface area contributed by atoms with Crippen molar-refractivity contribution in [2.24, 2.45) is 10.6 Å². The molecule has 0 atom stereocenters. The molecule has 19 heavy (non-hydrogen) atoms. The van der Waals surface area contributed by atoms with Crippen molar-refractivity contribution >= 4 is 11.7 Å². The summed E-state index contributed by atoms with van der Waals surface area (Å²) < 4.78 is 0. The van der Waals surface area contributed by atoms with Crippen molar-refractivity contribution in [1.82, 2.24) is 0 Å². The number of carbonyl (C=O) groups excluding carboxylic acids is 1. The molecule has 0 saturated heterocycles. The summed E-state index contributed by atoms with van der Waals surface area (Å²) in [5.41, 5.74) is 4.50. The van der Waals surface area contributed by atoms with E-state index in [4.69, 9.17) is 4.84 Å². The third-order valence-corrected chi connectivity index (χ3v) is 4.44. The highest BCUT2D eigenvalue weighted by Gasteiger charge is 2.39. The van der Waals surface area contributed by atoms with Crippen molar-refractivity contribution in [1.29, 1.82) is 0 Å². The minimum absolute atomic E-state index is 0.332. The van der Waals surface area contributed by atoms with Crippen LogP contribution in [0.15, 0.2) is 29.4 Å². The Hall–Kier alpha value is -1.64. The van der Waals surface area contributed by atoms with Crippen LogP contribution in [0.4, 0.5) is 0 Å². The van der Waals surface area contributed by atoms with Gasteiger partial charge in [0.1, 0.15) is 0 Å². The van der Waals surface area contributed by atoms with E-state index < -0.39 is 0 Å². The molecule has 0 aliphatic heterocycles. The first kappa shape index (κ1) is 12.4. The normalized spacial score (nSPS) is 20.2. The summed E-state index contributed by atoms with van der Waals surface area (Å²) in [4.78, 5) is 15.5. The second-order valence-corrected chi connectivity index (χ2v) is 5.86. The van der Waals surface area contributed by atoms with Gasteiger partial charge in [0.05, 0.1) is 5.71 Å². The molecule has 0 N–H and O–H groups in total. The largest absolute Gasteiger partial charge is 0.331 e. The lowest BCUT2D eigenvalue weighted by atomic mass is 9.71. The van der Waals surface area contributed by atoms with Gasteiger partial charge in [-0.15, -0.1) is 0 Å². The molecule has 100 valence electrons. The lowest BCUT2D eigenvalue weighted by molar-refractivity contribution is -0.141. The Morgan fingerprint density at radius 2 is 1.74 bits per heavy atom. The molecule has 2 aliphatic rings. The van der Waals surface area contributed by atoms with Gasteiger partial charge in [-0.3, -0.25) is 0 Å². The van der Waals surface area contributed by atoms with Crippen LogP contribution in [-0.2, 0) is 22.5 Å². The summed E-state index contributed by atoms with van der Waals surface area (Å²) in [7, 11) is 0. The smallest absolute Gasteiger partial charge is 0.319 e. The fourth-order valence-electron chi connectivity index (χ4n) is 3.42. The second-order valence-electron chi connectivity index (χ2n) is 5.86.